The van der Waals surface area contributed by atoms with Crippen LogP contribution in [0.3, 0.4) is 0 Å². The highest BCUT2D eigenvalue weighted by molar-refractivity contribution is 5.21. The topological polar surface area (TPSA) is 21.3 Å². The van der Waals surface area contributed by atoms with Crippen LogP contribution in [0.4, 0.5) is 0 Å². The quantitative estimate of drug-likeness (QED) is 0.835. The van der Waals surface area contributed by atoms with Gasteiger partial charge in [-0.15, -0.1) is 0 Å². The first kappa shape index (κ1) is 14.8. The van der Waals surface area contributed by atoms with Gasteiger partial charge in [-0.25, -0.2) is 0 Å². The second-order valence-corrected chi connectivity index (χ2v) is 8.57. The van der Waals surface area contributed by atoms with Crippen LogP contribution in [0.2, 0.25) is 0 Å². The molecule has 0 amide bonds. The average molecular weight is 279 g/mol. The van der Waals surface area contributed by atoms with E-state index in [9.17, 15) is 0 Å². The summed E-state index contributed by atoms with van der Waals surface area (Å²) in [5, 5.41) is 4.04. The van der Waals surface area contributed by atoms with Crippen molar-refractivity contribution in [3.8, 4) is 0 Å². The zero-order chi connectivity index (χ0) is 14.6. The van der Waals surface area contributed by atoms with Gasteiger partial charge in [0.05, 0.1) is 6.10 Å². The molecule has 116 valence electrons. The summed E-state index contributed by atoms with van der Waals surface area (Å²) in [6, 6.07) is 1.38. The molecular weight excluding hydrogens is 246 g/mol. The summed E-state index contributed by atoms with van der Waals surface area (Å²) in [5.41, 5.74) is 1.35. The normalized spacial score (nSPS) is 37.6. The van der Waals surface area contributed by atoms with E-state index >= 15 is 0 Å². The number of nitrogens with one attached hydrogen (secondary N) is 1. The van der Waals surface area contributed by atoms with Crippen molar-refractivity contribution in [3.05, 3.63) is 0 Å². The molecule has 3 rings (SSSR count). The molecule has 3 fully saturated rings. The van der Waals surface area contributed by atoms with E-state index < -0.39 is 0 Å². The summed E-state index contributed by atoms with van der Waals surface area (Å²) in [7, 11) is 0. The van der Waals surface area contributed by atoms with Gasteiger partial charge in [-0.3, -0.25) is 0 Å². The first-order valence-electron chi connectivity index (χ1n) is 8.74. The summed E-state index contributed by atoms with van der Waals surface area (Å²) < 4.78 is 6.07. The molecule has 2 atom stereocenters. The first-order valence-corrected chi connectivity index (χ1v) is 8.74. The van der Waals surface area contributed by atoms with E-state index in [-0.39, 0.29) is 0 Å². The van der Waals surface area contributed by atoms with Crippen LogP contribution in [0.5, 0.6) is 0 Å². The molecule has 20 heavy (non-hydrogen) atoms. The number of hydrogen-bond acceptors (Lipinski definition) is 2. The van der Waals surface area contributed by atoms with Crippen molar-refractivity contribution < 1.29 is 4.74 Å². The lowest BCUT2D eigenvalue weighted by atomic mass is 9.55. The van der Waals surface area contributed by atoms with E-state index in [1.165, 1.54) is 38.5 Å². The van der Waals surface area contributed by atoms with Gasteiger partial charge in [0, 0.05) is 24.1 Å². The highest BCUT2D eigenvalue weighted by Gasteiger charge is 2.67. The van der Waals surface area contributed by atoms with E-state index in [1.807, 2.05) is 0 Å². The average Bonchev–Trinajstić information content (AvgIpc) is 2.80. The molecule has 3 aliphatic carbocycles. The summed E-state index contributed by atoms with van der Waals surface area (Å²) in [5.74, 6) is 0. The van der Waals surface area contributed by atoms with Crippen molar-refractivity contribution >= 4 is 0 Å². The lowest BCUT2D eigenvalue weighted by molar-refractivity contribution is -0.151. The van der Waals surface area contributed by atoms with Crippen molar-refractivity contribution in [1.82, 2.24) is 5.32 Å². The lowest BCUT2D eigenvalue weighted by Crippen LogP contribution is -2.65. The van der Waals surface area contributed by atoms with Crippen LogP contribution >= 0.6 is 0 Å². The van der Waals surface area contributed by atoms with Crippen molar-refractivity contribution in [1.29, 1.82) is 0 Å². The molecule has 0 bridgehead atoms. The summed E-state index contributed by atoms with van der Waals surface area (Å²) in [6.45, 7) is 12.7. The third kappa shape index (κ3) is 1.90. The van der Waals surface area contributed by atoms with Crippen molar-refractivity contribution in [2.24, 2.45) is 16.2 Å². The Morgan fingerprint density at radius 1 is 1.00 bits per heavy atom. The molecule has 2 heteroatoms. The highest BCUT2D eigenvalue weighted by Crippen LogP contribution is 2.64. The van der Waals surface area contributed by atoms with E-state index in [0.717, 1.165) is 6.61 Å². The fourth-order valence-corrected chi connectivity index (χ4v) is 5.11. The molecule has 1 N–H and O–H groups in total. The predicted octanol–water partition coefficient (Wildman–Crippen LogP) is 4.14. The van der Waals surface area contributed by atoms with Gasteiger partial charge in [-0.05, 0) is 37.0 Å². The van der Waals surface area contributed by atoms with E-state index in [1.54, 1.807) is 0 Å². The molecule has 0 aromatic heterocycles. The summed E-state index contributed by atoms with van der Waals surface area (Å²) >= 11 is 0. The second-order valence-electron chi connectivity index (χ2n) is 8.57. The third-order valence-corrected chi connectivity index (χ3v) is 7.33. The Morgan fingerprint density at radius 3 is 2.10 bits per heavy atom. The molecule has 0 saturated heterocycles. The smallest absolute Gasteiger partial charge is 0.0661 e. The van der Waals surface area contributed by atoms with Gasteiger partial charge >= 0.3 is 0 Å². The fraction of sp³-hybridized carbons (Fsp3) is 1.00. The van der Waals surface area contributed by atoms with Crippen LogP contribution < -0.4 is 5.32 Å². The molecule has 3 saturated carbocycles. The van der Waals surface area contributed by atoms with Crippen LogP contribution in [-0.4, -0.2) is 24.8 Å². The molecule has 0 aliphatic heterocycles. The third-order valence-electron chi connectivity index (χ3n) is 7.33. The van der Waals surface area contributed by atoms with Gasteiger partial charge in [-0.2, -0.15) is 0 Å². The van der Waals surface area contributed by atoms with Crippen molar-refractivity contribution in [2.45, 2.75) is 91.3 Å². The molecular formula is C18H33NO. The predicted molar refractivity (Wildman–Crippen MR) is 83.8 cm³/mol. The van der Waals surface area contributed by atoms with Gasteiger partial charge in [-0.1, -0.05) is 47.0 Å². The van der Waals surface area contributed by atoms with Gasteiger partial charge in [0.1, 0.15) is 0 Å². The van der Waals surface area contributed by atoms with Crippen LogP contribution in [0.15, 0.2) is 0 Å². The summed E-state index contributed by atoms with van der Waals surface area (Å²) in [6.07, 6.45) is 8.74. The van der Waals surface area contributed by atoms with E-state index in [4.69, 9.17) is 4.74 Å². The van der Waals surface area contributed by atoms with Gasteiger partial charge in [0.15, 0.2) is 0 Å². The Kier molecular flexibility index (Phi) is 3.49. The number of rotatable bonds is 4. The Hall–Kier alpha value is -0.0800. The zero-order valence-corrected chi connectivity index (χ0v) is 14.1. The van der Waals surface area contributed by atoms with Gasteiger partial charge < -0.3 is 10.1 Å². The van der Waals surface area contributed by atoms with Gasteiger partial charge in [0.2, 0.25) is 0 Å². The van der Waals surface area contributed by atoms with E-state index in [2.05, 4.69) is 39.9 Å². The van der Waals surface area contributed by atoms with Crippen molar-refractivity contribution in [2.75, 3.05) is 6.61 Å². The minimum Gasteiger partial charge on any atom is -0.378 e. The Morgan fingerprint density at radius 2 is 1.60 bits per heavy atom. The van der Waals surface area contributed by atoms with E-state index in [0.29, 0.717) is 34.4 Å². The Bertz CT molecular complexity index is 354. The largest absolute Gasteiger partial charge is 0.378 e. The maximum atomic E-state index is 6.07. The van der Waals surface area contributed by atoms with Gasteiger partial charge in [0.25, 0.3) is 0 Å². The standard InChI is InChI=1S/C18H33NO/c1-6-20-14-12-13(18(14)10-8-7-9-11-18)19-15-16(2,3)17(15,4)5/h13-15,19H,6-12H2,1-5H3. The lowest BCUT2D eigenvalue weighted by Gasteiger charge is -2.58. The van der Waals surface area contributed by atoms with Crippen molar-refractivity contribution in [3.63, 3.8) is 0 Å². The Balaban J connectivity index is 1.68. The summed E-state index contributed by atoms with van der Waals surface area (Å²) in [4.78, 5) is 0. The highest BCUT2D eigenvalue weighted by atomic mass is 16.5. The molecule has 0 heterocycles. The minimum absolute atomic E-state index is 0.444. The molecule has 0 radical (unpaired) electrons. The Labute approximate surface area is 125 Å². The van der Waals surface area contributed by atoms with Crippen LogP contribution in [0, 0.1) is 16.2 Å². The second kappa shape index (κ2) is 4.71. The van der Waals surface area contributed by atoms with Crippen LogP contribution in [0.1, 0.15) is 73.1 Å². The number of ether oxygens (including phenoxy) is 1. The number of hydrogen-bond donors (Lipinski definition) is 1. The monoisotopic (exact) mass is 279 g/mol. The molecule has 2 unspecified atom stereocenters. The molecule has 0 aromatic rings. The fourth-order valence-electron chi connectivity index (χ4n) is 5.11. The minimum atomic E-state index is 0.444. The molecule has 3 aliphatic rings. The molecule has 1 spiro atoms. The molecule has 2 nitrogen and oxygen atoms in total. The maximum absolute atomic E-state index is 6.07. The maximum Gasteiger partial charge on any atom is 0.0661 e. The zero-order valence-electron chi connectivity index (χ0n) is 14.1. The first-order chi connectivity index (χ1) is 9.36. The molecule has 0 aromatic carbocycles. The van der Waals surface area contributed by atoms with Crippen LogP contribution in [0.25, 0.3) is 0 Å². The van der Waals surface area contributed by atoms with Crippen LogP contribution in [-0.2, 0) is 4.74 Å². The SMILES string of the molecule is CCOC1CC(NC2C(C)(C)C2(C)C)C12CCCCC2.